The van der Waals surface area contributed by atoms with Gasteiger partial charge < -0.3 is 19.5 Å². The lowest BCUT2D eigenvalue weighted by Crippen LogP contribution is -2.39. The Labute approximate surface area is 220 Å². The molecule has 3 aromatic rings. The maximum Gasteiger partial charge on any atom is 0.414 e. The van der Waals surface area contributed by atoms with Gasteiger partial charge >= 0.3 is 18.0 Å². The number of guanidine groups is 1. The summed E-state index contributed by atoms with van der Waals surface area (Å²) in [6.07, 6.45) is 0.637. The van der Waals surface area contributed by atoms with E-state index in [0.717, 1.165) is 0 Å². The van der Waals surface area contributed by atoms with Crippen molar-refractivity contribution in [1.82, 2.24) is 19.9 Å². The summed E-state index contributed by atoms with van der Waals surface area (Å²) in [5, 5.41) is 9.61. The predicted octanol–water partition coefficient (Wildman–Crippen LogP) is 3.76. The minimum absolute atomic E-state index is 0.0222. The molecule has 1 amide bonds. The molecule has 12 nitrogen and oxygen atoms in total. The highest BCUT2D eigenvalue weighted by Crippen LogP contribution is 2.22. The Kier molecular flexibility index (Phi) is 8.34. The molecule has 12 heteroatoms. The Morgan fingerprint density at radius 3 is 2.21 bits per heavy atom. The summed E-state index contributed by atoms with van der Waals surface area (Å²) in [5.41, 5.74) is 0.413. The molecule has 38 heavy (non-hydrogen) atoms. The van der Waals surface area contributed by atoms with Crippen LogP contribution in [0.1, 0.15) is 57.6 Å². The van der Waals surface area contributed by atoms with E-state index in [1.165, 1.54) is 17.9 Å². The van der Waals surface area contributed by atoms with Crippen LogP contribution in [0.5, 0.6) is 5.75 Å². The molecule has 3 rings (SSSR count). The van der Waals surface area contributed by atoms with Gasteiger partial charge in [-0.2, -0.15) is 5.10 Å². The molecule has 2 heterocycles. The Bertz CT molecular complexity index is 1350. The number of aliphatic imine (C=N–C) groups is 1. The fourth-order valence-corrected chi connectivity index (χ4v) is 3.20. The van der Waals surface area contributed by atoms with E-state index in [1.807, 2.05) is 0 Å². The van der Waals surface area contributed by atoms with Crippen LogP contribution in [0.3, 0.4) is 0 Å². The maximum absolute atomic E-state index is 12.8. The molecule has 0 unspecified atom stereocenters. The van der Waals surface area contributed by atoms with E-state index >= 15 is 0 Å². The lowest BCUT2D eigenvalue weighted by molar-refractivity contribution is -0.154. The van der Waals surface area contributed by atoms with Crippen molar-refractivity contribution in [1.29, 1.82) is 0 Å². The number of benzene rings is 1. The van der Waals surface area contributed by atoms with Crippen LogP contribution in [0, 0.1) is 0 Å². The van der Waals surface area contributed by atoms with E-state index in [1.54, 1.807) is 77.9 Å². The topological polar surface area (TPSA) is 146 Å². The molecule has 0 fully saturated rings. The monoisotopic (exact) mass is 524 g/mol. The third kappa shape index (κ3) is 8.02. The number of hydrogen-bond donors (Lipinski definition) is 2. The summed E-state index contributed by atoms with van der Waals surface area (Å²) in [6.45, 7) is 10.6. The molecule has 2 N–H and O–H groups in total. The minimum atomic E-state index is -0.651. The zero-order chi connectivity index (χ0) is 28.1. The smallest absolute Gasteiger partial charge is 0.414 e. The van der Waals surface area contributed by atoms with Gasteiger partial charge in [-0.05, 0) is 77.9 Å². The average Bonchev–Trinajstić information content (AvgIpc) is 3.29. The number of nitrogens with one attached hydrogen (secondary N) is 2. The molecular formula is C26H32N6O6. The normalized spacial score (nSPS) is 12.1. The first-order valence-electron chi connectivity index (χ1n) is 11.8. The van der Waals surface area contributed by atoms with Crippen LogP contribution in [-0.4, -0.2) is 56.8 Å². The van der Waals surface area contributed by atoms with Gasteiger partial charge in [-0.15, -0.1) is 0 Å². The lowest BCUT2D eigenvalue weighted by atomic mass is 10.2. The van der Waals surface area contributed by atoms with E-state index in [9.17, 15) is 14.4 Å². The second-order valence-electron chi connectivity index (χ2n) is 10.2. The standard InChI is InChI=1S/C26H32N6O6/c1-25(2,3)37-20(33)14-18-12-13-19(21-28-15-29-32(18)21)36-22(34)16-8-10-17(11-9-16)30-23(27-7)31-24(35)38-26(4,5)6/h8-13,15H,14H2,1-7H3,(H2,27,30,31,35). The SMILES string of the molecule is CN=C(NC(=O)OC(C)(C)C)Nc1ccc(C(=O)Oc2ccc(CC(=O)OC(C)(C)C)n3ncnc23)cc1. The minimum Gasteiger partial charge on any atom is -0.460 e. The van der Waals surface area contributed by atoms with E-state index in [2.05, 4.69) is 25.7 Å². The van der Waals surface area contributed by atoms with Crippen LogP contribution >= 0.6 is 0 Å². The van der Waals surface area contributed by atoms with Crippen LogP contribution in [0.4, 0.5) is 10.5 Å². The Balaban J connectivity index is 1.66. The zero-order valence-electron chi connectivity index (χ0n) is 22.5. The van der Waals surface area contributed by atoms with Gasteiger partial charge in [0, 0.05) is 12.7 Å². The van der Waals surface area contributed by atoms with Crippen LogP contribution in [0.25, 0.3) is 5.65 Å². The molecule has 0 radical (unpaired) electrons. The quantitative estimate of drug-likeness (QED) is 0.289. The molecular weight excluding hydrogens is 492 g/mol. The van der Waals surface area contributed by atoms with Crippen molar-refractivity contribution in [3.63, 3.8) is 0 Å². The summed E-state index contributed by atoms with van der Waals surface area (Å²) in [4.78, 5) is 45.2. The highest BCUT2D eigenvalue weighted by molar-refractivity contribution is 6.02. The second kappa shape index (κ2) is 11.3. The van der Waals surface area contributed by atoms with Crippen molar-refractivity contribution >= 4 is 35.3 Å². The maximum atomic E-state index is 12.8. The second-order valence-corrected chi connectivity index (χ2v) is 10.2. The molecule has 0 atom stereocenters. The molecule has 0 aliphatic rings. The van der Waals surface area contributed by atoms with Crippen molar-refractivity contribution in [3.8, 4) is 5.75 Å². The van der Waals surface area contributed by atoms with Gasteiger partial charge in [-0.25, -0.2) is 19.1 Å². The van der Waals surface area contributed by atoms with Gasteiger partial charge in [0.1, 0.15) is 17.5 Å². The highest BCUT2D eigenvalue weighted by atomic mass is 16.6. The molecule has 0 aliphatic heterocycles. The largest absolute Gasteiger partial charge is 0.460 e. The van der Waals surface area contributed by atoms with Gasteiger partial charge in [-0.1, -0.05) is 0 Å². The van der Waals surface area contributed by atoms with Crippen molar-refractivity contribution in [2.24, 2.45) is 4.99 Å². The number of anilines is 1. The van der Waals surface area contributed by atoms with E-state index in [0.29, 0.717) is 11.4 Å². The van der Waals surface area contributed by atoms with E-state index in [4.69, 9.17) is 14.2 Å². The summed E-state index contributed by atoms with van der Waals surface area (Å²) < 4.78 is 17.6. The molecule has 0 aliphatic carbocycles. The predicted molar refractivity (Wildman–Crippen MR) is 140 cm³/mol. The number of hydrogen-bond acceptors (Lipinski definition) is 9. The number of ether oxygens (including phenoxy) is 3. The molecule has 1 aromatic carbocycles. The average molecular weight is 525 g/mol. The number of pyridine rings is 1. The summed E-state index contributed by atoms with van der Waals surface area (Å²) in [7, 11) is 1.51. The Morgan fingerprint density at radius 1 is 0.947 bits per heavy atom. The number of fused-ring (bicyclic) bond motifs is 1. The third-order valence-electron chi connectivity index (χ3n) is 4.64. The molecule has 2 aromatic heterocycles. The summed E-state index contributed by atoms with van der Waals surface area (Å²) in [5.74, 6) is -0.664. The van der Waals surface area contributed by atoms with Crippen molar-refractivity contribution in [2.75, 3.05) is 12.4 Å². The Hall–Kier alpha value is -4.48. The van der Waals surface area contributed by atoms with Gasteiger partial charge in [0.05, 0.1) is 17.7 Å². The summed E-state index contributed by atoms with van der Waals surface area (Å²) in [6, 6.07) is 9.57. The number of rotatable bonds is 5. The van der Waals surface area contributed by atoms with Gasteiger partial charge in [0.2, 0.25) is 5.96 Å². The molecule has 0 saturated carbocycles. The number of esters is 2. The first-order valence-corrected chi connectivity index (χ1v) is 11.8. The van der Waals surface area contributed by atoms with Gasteiger partial charge in [-0.3, -0.25) is 15.1 Å². The molecule has 202 valence electrons. The zero-order valence-corrected chi connectivity index (χ0v) is 22.5. The number of aromatic nitrogens is 3. The van der Waals surface area contributed by atoms with E-state index in [-0.39, 0.29) is 29.3 Å². The molecule has 0 saturated heterocycles. The van der Waals surface area contributed by atoms with Crippen molar-refractivity contribution in [2.45, 2.75) is 59.2 Å². The van der Waals surface area contributed by atoms with Crippen LogP contribution in [0.15, 0.2) is 47.7 Å². The fourth-order valence-electron chi connectivity index (χ4n) is 3.20. The highest BCUT2D eigenvalue weighted by Gasteiger charge is 2.20. The lowest BCUT2D eigenvalue weighted by Gasteiger charge is -2.20. The fraction of sp³-hybridized carbons (Fsp3) is 0.385. The van der Waals surface area contributed by atoms with Crippen molar-refractivity contribution < 1.29 is 28.6 Å². The Morgan fingerprint density at radius 2 is 1.61 bits per heavy atom. The third-order valence-corrected chi connectivity index (χ3v) is 4.64. The number of carbonyl (C=O) groups excluding carboxylic acids is 3. The van der Waals surface area contributed by atoms with E-state index < -0.39 is 29.2 Å². The molecule has 0 bridgehead atoms. The molecule has 0 spiro atoms. The number of amides is 1. The first kappa shape index (κ1) is 28.1. The van der Waals surface area contributed by atoms with Crippen LogP contribution < -0.4 is 15.4 Å². The number of alkyl carbamates (subject to hydrolysis) is 1. The van der Waals surface area contributed by atoms with Gasteiger partial charge in [0.15, 0.2) is 11.4 Å². The summed E-state index contributed by atoms with van der Waals surface area (Å²) >= 11 is 0. The van der Waals surface area contributed by atoms with Crippen molar-refractivity contribution in [3.05, 3.63) is 54.0 Å². The first-order chi connectivity index (χ1) is 17.7. The van der Waals surface area contributed by atoms with Gasteiger partial charge in [0.25, 0.3) is 0 Å². The number of carbonyl (C=O) groups is 3. The van der Waals surface area contributed by atoms with Crippen LogP contribution in [0.2, 0.25) is 0 Å². The van der Waals surface area contributed by atoms with Crippen LogP contribution in [-0.2, 0) is 20.7 Å². The number of nitrogens with zero attached hydrogens (tertiary/aromatic N) is 4.